The van der Waals surface area contributed by atoms with Gasteiger partial charge < -0.3 is 29.4 Å². The van der Waals surface area contributed by atoms with Crippen LogP contribution in [0, 0.1) is 6.08 Å². The second-order valence-electron chi connectivity index (χ2n) is 5.72. The SMILES string of the molecule is Cn1c2ccc(Br)cc2c2cc3[cH-]cccc-3c21.[C-]1=CC=CC1.[Cl-].[Cl-].[Zr+4]. The molecule has 0 unspecified atom stereocenters. The average molecular weight is 524 g/mol. The number of benzene rings is 2. The van der Waals surface area contributed by atoms with Crippen LogP contribution in [0.2, 0.25) is 0 Å². The summed E-state index contributed by atoms with van der Waals surface area (Å²) in [6, 6.07) is 17.4. The molecule has 2 aromatic rings. The summed E-state index contributed by atoms with van der Waals surface area (Å²) in [4.78, 5) is 0. The molecule has 0 bridgehead atoms. The normalized spacial score (nSPS) is 11.6. The number of allylic oxidation sites excluding steroid dienone is 4. The van der Waals surface area contributed by atoms with Crippen molar-refractivity contribution in [1.29, 1.82) is 0 Å². The quantitative estimate of drug-likeness (QED) is 0.291. The molecule has 1 heterocycles. The first-order chi connectivity index (χ1) is 11.3. The Morgan fingerprint density at radius 2 is 1.92 bits per heavy atom. The van der Waals surface area contributed by atoms with Crippen molar-refractivity contribution in [2.45, 2.75) is 6.42 Å². The number of hydrogen-bond donors (Lipinski definition) is 0. The Kier molecular flexibility index (Phi) is 8.96. The van der Waals surface area contributed by atoms with Crippen molar-refractivity contribution >= 4 is 37.7 Å². The van der Waals surface area contributed by atoms with Crippen LogP contribution < -0.4 is 24.8 Å². The number of aromatic nitrogens is 1. The molecule has 1 aromatic carbocycles. The third-order valence-electron chi connectivity index (χ3n) is 4.30. The van der Waals surface area contributed by atoms with Gasteiger partial charge in [-0.1, -0.05) is 21.5 Å². The van der Waals surface area contributed by atoms with Gasteiger partial charge in [-0.25, -0.2) is 12.2 Å². The van der Waals surface area contributed by atoms with Gasteiger partial charge in [0, 0.05) is 22.6 Å². The van der Waals surface area contributed by atoms with Gasteiger partial charge in [-0.3, -0.25) is 6.08 Å². The van der Waals surface area contributed by atoms with E-state index >= 15 is 0 Å². The summed E-state index contributed by atoms with van der Waals surface area (Å²) in [5, 5.41) is 2.66. The Labute approximate surface area is 193 Å². The Bertz CT molecular complexity index is 1020. The van der Waals surface area contributed by atoms with Crippen molar-refractivity contribution in [2.75, 3.05) is 0 Å². The van der Waals surface area contributed by atoms with Crippen LogP contribution >= 0.6 is 15.9 Å². The van der Waals surface area contributed by atoms with Crippen LogP contribution in [0.15, 0.2) is 71.2 Å². The zero-order valence-corrected chi connectivity index (χ0v) is 19.7. The molecule has 26 heavy (non-hydrogen) atoms. The zero-order valence-electron chi connectivity index (χ0n) is 14.1. The summed E-state index contributed by atoms with van der Waals surface area (Å²) < 4.78 is 3.42. The van der Waals surface area contributed by atoms with Gasteiger partial charge in [0.05, 0.1) is 0 Å². The van der Waals surface area contributed by atoms with E-state index < -0.39 is 0 Å². The van der Waals surface area contributed by atoms with E-state index in [2.05, 4.69) is 88.2 Å². The van der Waals surface area contributed by atoms with Gasteiger partial charge in [-0.2, -0.15) is 6.08 Å². The Balaban J connectivity index is 0.000000372. The molecule has 0 amide bonds. The van der Waals surface area contributed by atoms with E-state index in [0.717, 1.165) is 10.9 Å². The second-order valence-corrected chi connectivity index (χ2v) is 6.63. The summed E-state index contributed by atoms with van der Waals surface area (Å²) >= 11 is 3.56. The first-order valence-corrected chi connectivity index (χ1v) is 8.49. The van der Waals surface area contributed by atoms with E-state index in [-0.39, 0.29) is 51.0 Å². The number of rotatable bonds is 0. The fraction of sp³-hybridized carbons (Fsp3) is 0.0952. The molecule has 130 valence electrons. The van der Waals surface area contributed by atoms with Crippen LogP contribution in [0.1, 0.15) is 6.42 Å². The summed E-state index contributed by atoms with van der Waals surface area (Å²) in [5.41, 5.74) is 5.27. The average Bonchev–Trinajstić information content (AvgIpc) is 3.28. The summed E-state index contributed by atoms with van der Waals surface area (Å²) in [7, 11) is 2.14. The van der Waals surface area contributed by atoms with Gasteiger partial charge in [-0.15, -0.1) is 42.3 Å². The van der Waals surface area contributed by atoms with Crippen molar-refractivity contribution in [3.8, 4) is 11.1 Å². The minimum atomic E-state index is 0. The number of halogens is 3. The third-order valence-corrected chi connectivity index (χ3v) is 4.80. The molecule has 3 aliphatic rings. The molecular weight excluding hydrogens is 508 g/mol. The van der Waals surface area contributed by atoms with Crippen molar-refractivity contribution in [1.82, 2.24) is 4.57 Å². The summed E-state index contributed by atoms with van der Waals surface area (Å²) in [6.07, 6.45) is 10.0. The molecule has 5 rings (SSSR count). The number of fused-ring (bicyclic) bond motifs is 5. The smallest absolute Gasteiger partial charge is 1.00 e. The Morgan fingerprint density at radius 1 is 1.12 bits per heavy atom. The van der Waals surface area contributed by atoms with Gasteiger partial charge >= 0.3 is 26.2 Å². The van der Waals surface area contributed by atoms with Crippen LogP contribution in [0.25, 0.3) is 32.9 Å². The van der Waals surface area contributed by atoms with Gasteiger partial charge in [0.15, 0.2) is 0 Å². The minimum Gasteiger partial charge on any atom is -1.00 e. The van der Waals surface area contributed by atoms with Crippen molar-refractivity contribution < 1.29 is 51.0 Å². The van der Waals surface area contributed by atoms with E-state index in [0.29, 0.717) is 0 Å². The molecular formula is C21H16BrCl2NZr. The molecule has 0 radical (unpaired) electrons. The molecule has 0 atom stereocenters. The topological polar surface area (TPSA) is 4.93 Å². The van der Waals surface area contributed by atoms with Gasteiger partial charge in [-0.05, 0) is 29.0 Å². The first-order valence-electron chi connectivity index (χ1n) is 7.69. The van der Waals surface area contributed by atoms with E-state index in [9.17, 15) is 0 Å². The third kappa shape index (κ3) is 4.23. The molecule has 0 fully saturated rings. The molecule has 1 nitrogen and oxygen atoms in total. The maximum atomic E-state index is 3.56. The molecule has 1 aromatic heterocycles. The summed E-state index contributed by atoms with van der Waals surface area (Å²) in [6.45, 7) is 0. The first kappa shape index (κ1) is 23.3. The van der Waals surface area contributed by atoms with Crippen molar-refractivity contribution in [2.24, 2.45) is 7.05 Å². The predicted molar refractivity (Wildman–Crippen MR) is 102 cm³/mol. The standard InChI is InChI=1S/C16H11BrN.C5H5.2ClH.Zr/c1-18-15-7-6-11(17)9-13(15)14-8-10-4-2-3-5-12(10)16(14)18;1-2-4-5-3-1;;;/h2-9H,1H3;1-3H,4H2;2*1H;/q2*-1;;;+4/p-2. The predicted octanol–water partition coefficient (Wildman–Crippen LogP) is 0.229. The molecule has 0 spiro atoms. The van der Waals surface area contributed by atoms with Crippen LogP contribution in [0.3, 0.4) is 0 Å². The molecule has 0 saturated heterocycles. The van der Waals surface area contributed by atoms with Crippen LogP contribution in [-0.4, -0.2) is 4.57 Å². The molecule has 5 heteroatoms. The molecule has 3 aliphatic carbocycles. The van der Waals surface area contributed by atoms with E-state index in [1.165, 1.54) is 32.9 Å². The monoisotopic (exact) mass is 521 g/mol. The zero-order chi connectivity index (χ0) is 15.8. The van der Waals surface area contributed by atoms with E-state index in [1.807, 2.05) is 12.2 Å². The minimum absolute atomic E-state index is 0. The van der Waals surface area contributed by atoms with Gasteiger partial charge in [0.1, 0.15) is 0 Å². The molecule has 0 saturated carbocycles. The van der Waals surface area contributed by atoms with Crippen LogP contribution in [0.4, 0.5) is 0 Å². The molecule has 0 N–H and O–H groups in total. The van der Waals surface area contributed by atoms with Gasteiger partial charge in [0.2, 0.25) is 0 Å². The maximum absolute atomic E-state index is 3.56. The Hall–Kier alpha value is -0.727. The van der Waals surface area contributed by atoms with E-state index in [4.69, 9.17) is 0 Å². The van der Waals surface area contributed by atoms with Crippen LogP contribution in [-0.2, 0) is 33.3 Å². The number of aryl methyl sites for hydroxylation is 1. The van der Waals surface area contributed by atoms with E-state index in [1.54, 1.807) is 0 Å². The maximum Gasteiger partial charge on any atom is 4.00 e. The number of hydrogen-bond acceptors (Lipinski definition) is 0. The fourth-order valence-corrected chi connectivity index (χ4v) is 3.61. The van der Waals surface area contributed by atoms with Crippen molar-refractivity contribution in [3.63, 3.8) is 0 Å². The largest absolute Gasteiger partial charge is 4.00 e. The summed E-state index contributed by atoms with van der Waals surface area (Å²) in [5.74, 6) is 0. The van der Waals surface area contributed by atoms with Gasteiger partial charge in [0.25, 0.3) is 0 Å². The molecule has 0 aliphatic heterocycles. The Morgan fingerprint density at radius 3 is 2.58 bits per heavy atom. The fourth-order valence-electron chi connectivity index (χ4n) is 3.25. The van der Waals surface area contributed by atoms with Crippen LogP contribution in [0.5, 0.6) is 0 Å². The van der Waals surface area contributed by atoms with Crippen molar-refractivity contribution in [3.05, 3.63) is 77.3 Å². The second kappa shape index (κ2) is 9.99. The number of nitrogens with zero attached hydrogens (tertiary/aromatic N) is 1.